The fourth-order valence-corrected chi connectivity index (χ4v) is 5.28. The maximum Gasteiger partial charge on any atom is 0.335 e. The Morgan fingerprint density at radius 2 is 1.76 bits per heavy atom. The maximum absolute atomic E-state index is 12.6. The van der Waals surface area contributed by atoms with Crippen LogP contribution in [0, 0.1) is 0 Å². The van der Waals surface area contributed by atoms with E-state index in [0.29, 0.717) is 13.2 Å². The average molecular weight is 376 g/mol. The van der Waals surface area contributed by atoms with Crippen LogP contribution in [0.25, 0.3) is 20.8 Å². The van der Waals surface area contributed by atoms with Crippen molar-refractivity contribution < 1.29 is 13.6 Å². The summed E-state index contributed by atoms with van der Waals surface area (Å²) in [7, 11) is -3.08. The standard InChI is InChI=1S/C18H21N2O3PS/c1-3-22-24(21,23-4-2)12-13-5-7-14(8-6-13)18-20-16-10-9-15(19)11-17(16)25-18/h5-11H,3-4,12,19H2,1-2H3. The fourth-order valence-electron chi connectivity index (χ4n) is 2.56. The summed E-state index contributed by atoms with van der Waals surface area (Å²) in [6, 6.07) is 13.6. The van der Waals surface area contributed by atoms with Gasteiger partial charge in [-0.3, -0.25) is 4.57 Å². The first-order chi connectivity index (χ1) is 12.0. The molecular weight excluding hydrogens is 355 g/mol. The van der Waals surface area contributed by atoms with Gasteiger partial charge in [-0.2, -0.15) is 0 Å². The summed E-state index contributed by atoms with van der Waals surface area (Å²) in [5.74, 6) is 0. The third kappa shape index (κ3) is 4.28. The lowest BCUT2D eigenvalue weighted by Crippen LogP contribution is -1.99. The SMILES string of the molecule is CCOP(=O)(Cc1ccc(-c2nc3ccc(N)cc3s2)cc1)OCC. The van der Waals surface area contributed by atoms with E-state index in [0.717, 1.165) is 32.0 Å². The van der Waals surface area contributed by atoms with Crippen molar-refractivity contribution in [3.63, 3.8) is 0 Å². The zero-order valence-corrected chi connectivity index (χ0v) is 16.0. The molecule has 0 aliphatic carbocycles. The van der Waals surface area contributed by atoms with Crippen molar-refractivity contribution in [2.75, 3.05) is 18.9 Å². The molecule has 25 heavy (non-hydrogen) atoms. The number of aromatic nitrogens is 1. The highest BCUT2D eigenvalue weighted by molar-refractivity contribution is 7.53. The van der Waals surface area contributed by atoms with Gasteiger partial charge in [-0.25, -0.2) is 4.98 Å². The molecular formula is C18H21N2O3PS. The van der Waals surface area contributed by atoms with E-state index in [1.807, 2.05) is 56.3 Å². The highest BCUT2D eigenvalue weighted by Crippen LogP contribution is 2.51. The lowest BCUT2D eigenvalue weighted by Gasteiger charge is -2.17. The number of hydrogen-bond donors (Lipinski definition) is 1. The van der Waals surface area contributed by atoms with Gasteiger partial charge in [0, 0.05) is 11.3 Å². The second-order valence-corrected chi connectivity index (χ2v) is 8.63. The lowest BCUT2D eigenvalue weighted by atomic mass is 10.2. The van der Waals surface area contributed by atoms with E-state index >= 15 is 0 Å². The van der Waals surface area contributed by atoms with Gasteiger partial charge in [0.1, 0.15) is 5.01 Å². The number of benzene rings is 2. The van der Waals surface area contributed by atoms with Gasteiger partial charge in [-0.15, -0.1) is 11.3 Å². The summed E-state index contributed by atoms with van der Waals surface area (Å²) in [6.07, 6.45) is 0.269. The first kappa shape index (κ1) is 18.1. The molecule has 0 saturated carbocycles. The summed E-state index contributed by atoms with van der Waals surface area (Å²) < 4.78 is 24.4. The van der Waals surface area contributed by atoms with Crippen LogP contribution in [0.4, 0.5) is 5.69 Å². The van der Waals surface area contributed by atoms with E-state index in [9.17, 15) is 4.57 Å². The van der Waals surface area contributed by atoms with Gasteiger partial charge in [0.25, 0.3) is 0 Å². The van der Waals surface area contributed by atoms with Gasteiger partial charge >= 0.3 is 7.60 Å². The second-order valence-electron chi connectivity index (χ2n) is 5.55. The van der Waals surface area contributed by atoms with Gasteiger partial charge in [0.15, 0.2) is 0 Å². The van der Waals surface area contributed by atoms with Crippen LogP contribution in [-0.2, 0) is 19.8 Å². The number of anilines is 1. The molecule has 3 rings (SSSR count). The van der Waals surface area contributed by atoms with Crippen molar-refractivity contribution in [3.8, 4) is 10.6 Å². The molecule has 2 aromatic carbocycles. The topological polar surface area (TPSA) is 74.4 Å². The molecule has 0 saturated heterocycles. The van der Waals surface area contributed by atoms with Crippen molar-refractivity contribution in [1.82, 2.24) is 4.98 Å². The maximum atomic E-state index is 12.6. The normalized spacial score (nSPS) is 11.9. The highest BCUT2D eigenvalue weighted by atomic mass is 32.1. The minimum Gasteiger partial charge on any atom is -0.399 e. The molecule has 0 aliphatic heterocycles. The Morgan fingerprint density at radius 3 is 2.40 bits per heavy atom. The smallest absolute Gasteiger partial charge is 0.335 e. The molecule has 5 nitrogen and oxygen atoms in total. The molecule has 0 spiro atoms. The molecule has 0 amide bonds. The molecule has 2 N–H and O–H groups in total. The Hall–Kier alpha value is -1.72. The summed E-state index contributed by atoms with van der Waals surface area (Å²) in [5, 5.41) is 0.935. The molecule has 0 fully saturated rings. The van der Waals surface area contributed by atoms with Crippen LogP contribution in [0.2, 0.25) is 0 Å². The van der Waals surface area contributed by atoms with Crippen LogP contribution >= 0.6 is 18.9 Å². The molecule has 0 bridgehead atoms. The Labute approximate surface area is 151 Å². The molecule has 3 aromatic rings. The molecule has 1 aromatic heterocycles. The number of rotatable bonds is 7. The van der Waals surface area contributed by atoms with Gasteiger partial charge in [-0.05, 0) is 37.6 Å². The summed E-state index contributed by atoms with van der Waals surface area (Å²) >= 11 is 1.60. The largest absolute Gasteiger partial charge is 0.399 e. The summed E-state index contributed by atoms with van der Waals surface area (Å²) in [5.41, 5.74) is 9.44. The fraction of sp³-hybridized carbons (Fsp3) is 0.278. The van der Waals surface area contributed by atoms with E-state index in [2.05, 4.69) is 4.98 Å². The van der Waals surface area contributed by atoms with E-state index < -0.39 is 7.60 Å². The highest BCUT2D eigenvalue weighted by Gasteiger charge is 2.24. The van der Waals surface area contributed by atoms with E-state index in [-0.39, 0.29) is 6.16 Å². The van der Waals surface area contributed by atoms with Gasteiger partial charge < -0.3 is 14.8 Å². The van der Waals surface area contributed by atoms with Crippen LogP contribution in [-0.4, -0.2) is 18.2 Å². The number of nitrogens with two attached hydrogens (primary N) is 1. The first-order valence-electron chi connectivity index (χ1n) is 8.16. The van der Waals surface area contributed by atoms with Crippen molar-refractivity contribution in [3.05, 3.63) is 48.0 Å². The van der Waals surface area contributed by atoms with E-state index in [1.165, 1.54) is 0 Å². The quantitative estimate of drug-likeness (QED) is 0.447. The van der Waals surface area contributed by atoms with Gasteiger partial charge in [-0.1, -0.05) is 24.3 Å². The minimum absolute atomic E-state index is 0.269. The average Bonchev–Trinajstić information content (AvgIpc) is 2.99. The summed E-state index contributed by atoms with van der Waals surface area (Å²) in [4.78, 5) is 4.65. The van der Waals surface area contributed by atoms with Gasteiger partial charge in [0.05, 0.1) is 29.6 Å². The number of fused-ring (bicyclic) bond motifs is 1. The molecule has 0 unspecified atom stereocenters. The summed E-state index contributed by atoms with van der Waals surface area (Å²) in [6.45, 7) is 4.36. The van der Waals surface area contributed by atoms with Crippen molar-refractivity contribution in [2.45, 2.75) is 20.0 Å². The third-order valence-corrected chi connectivity index (χ3v) is 6.76. The van der Waals surface area contributed by atoms with Gasteiger partial charge in [0.2, 0.25) is 0 Å². The Morgan fingerprint density at radius 1 is 1.08 bits per heavy atom. The number of nitrogen functional groups attached to an aromatic ring is 1. The lowest BCUT2D eigenvalue weighted by molar-refractivity contribution is 0.219. The van der Waals surface area contributed by atoms with Crippen molar-refractivity contribution in [1.29, 1.82) is 0 Å². The number of thiazole rings is 1. The van der Waals surface area contributed by atoms with Crippen LogP contribution in [0.1, 0.15) is 19.4 Å². The van der Waals surface area contributed by atoms with E-state index in [4.69, 9.17) is 14.8 Å². The predicted molar refractivity (Wildman–Crippen MR) is 104 cm³/mol. The van der Waals surface area contributed by atoms with Crippen LogP contribution in [0.15, 0.2) is 42.5 Å². The van der Waals surface area contributed by atoms with Crippen molar-refractivity contribution >= 4 is 34.8 Å². The zero-order chi connectivity index (χ0) is 17.9. The molecule has 0 radical (unpaired) electrons. The number of hydrogen-bond acceptors (Lipinski definition) is 6. The van der Waals surface area contributed by atoms with Crippen LogP contribution in [0.5, 0.6) is 0 Å². The van der Waals surface area contributed by atoms with Crippen LogP contribution in [0.3, 0.4) is 0 Å². The molecule has 1 heterocycles. The third-order valence-electron chi connectivity index (χ3n) is 3.64. The Bertz CT molecular complexity index is 898. The van der Waals surface area contributed by atoms with Crippen LogP contribution < -0.4 is 5.73 Å². The predicted octanol–water partition coefficient (Wildman–Crippen LogP) is 5.31. The second kappa shape index (κ2) is 7.67. The Kier molecular flexibility index (Phi) is 5.54. The minimum atomic E-state index is -3.08. The first-order valence-corrected chi connectivity index (χ1v) is 10.7. The molecule has 132 valence electrons. The number of nitrogens with zero attached hydrogens (tertiary/aromatic N) is 1. The monoisotopic (exact) mass is 376 g/mol. The molecule has 0 atom stereocenters. The molecule has 7 heteroatoms. The van der Waals surface area contributed by atoms with Crippen molar-refractivity contribution in [2.24, 2.45) is 0 Å². The van der Waals surface area contributed by atoms with E-state index in [1.54, 1.807) is 11.3 Å². The molecule has 0 aliphatic rings. The zero-order valence-electron chi connectivity index (χ0n) is 14.3. The Balaban J connectivity index is 1.82.